The number of halogens is 1. The fourth-order valence-corrected chi connectivity index (χ4v) is 5.75. The first-order valence-electron chi connectivity index (χ1n) is 13.5. The lowest BCUT2D eigenvalue weighted by Gasteiger charge is -2.22. The van der Waals surface area contributed by atoms with E-state index in [4.69, 9.17) is 16.7 Å². The molecule has 1 amide bonds. The lowest BCUT2D eigenvalue weighted by atomic mass is 9.96. The highest BCUT2D eigenvalue weighted by Crippen LogP contribution is 2.35. The van der Waals surface area contributed by atoms with E-state index in [2.05, 4.69) is 48.1 Å². The number of pyridine rings is 1. The number of aromatic nitrogens is 2. The first-order valence-corrected chi connectivity index (χ1v) is 14.3. The van der Waals surface area contributed by atoms with Gasteiger partial charge in [0, 0.05) is 54.1 Å². The SMILES string of the molecule is N/C(=N\O)c1ccc(CN2CCc3cn(Cc4ccc(Br)nc4)c4cc(-c5cccc(/C(N)=N/O)c5)cc(c34)C2=O)cc1. The van der Waals surface area contributed by atoms with E-state index < -0.39 is 0 Å². The van der Waals surface area contributed by atoms with Crippen molar-refractivity contribution in [2.45, 2.75) is 19.5 Å². The summed E-state index contributed by atoms with van der Waals surface area (Å²) in [5.74, 6) is -0.0284. The molecule has 0 saturated carbocycles. The molecule has 0 fully saturated rings. The molecule has 0 bridgehead atoms. The Morgan fingerprint density at radius 3 is 2.35 bits per heavy atom. The Morgan fingerprint density at radius 1 is 0.884 bits per heavy atom. The van der Waals surface area contributed by atoms with Crippen molar-refractivity contribution < 1.29 is 15.2 Å². The van der Waals surface area contributed by atoms with Gasteiger partial charge in [-0.25, -0.2) is 4.98 Å². The van der Waals surface area contributed by atoms with Gasteiger partial charge in [0.2, 0.25) is 0 Å². The van der Waals surface area contributed by atoms with E-state index >= 15 is 0 Å². The van der Waals surface area contributed by atoms with Gasteiger partial charge in [0.25, 0.3) is 5.91 Å². The van der Waals surface area contributed by atoms with Crippen LogP contribution >= 0.6 is 15.9 Å². The molecule has 1 aliphatic rings. The molecule has 6 N–H and O–H groups in total. The summed E-state index contributed by atoms with van der Waals surface area (Å²) >= 11 is 3.40. The molecule has 11 heteroatoms. The van der Waals surface area contributed by atoms with E-state index in [1.165, 1.54) is 0 Å². The molecule has 0 unspecified atom stereocenters. The average Bonchev–Trinajstić information content (AvgIpc) is 3.33. The van der Waals surface area contributed by atoms with Gasteiger partial charge >= 0.3 is 0 Å². The van der Waals surface area contributed by atoms with Crippen molar-refractivity contribution in [3.63, 3.8) is 0 Å². The monoisotopic (exact) mass is 637 g/mol. The van der Waals surface area contributed by atoms with Crippen LogP contribution in [-0.4, -0.2) is 49.0 Å². The largest absolute Gasteiger partial charge is 0.409 e. The summed E-state index contributed by atoms with van der Waals surface area (Å²) in [6.45, 7) is 1.55. The fourth-order valence-electron chi connectivity index (χ4n) is 5.52. The molecule has 0 saturated heterocycles. The number of carbonyl (C=O) groups is 1. The number of hydrogen-bond acceptors (Lipinski definition) is 6. The van der Waals surface area contributed by atoms with Crippen molar-refractivity contribution in [3.8, 4) is 11.1 Å². The third kappa shape index (κ3) is 5.54. The molecular formula is C32H28BrN7O3. The van der Waals surface area contributed by atoms with E-state index in [1.54, 1.807) is 18.2 Å². The molecule has 3 aromatic carbocycles. The maximum Gasteiger partial charge on any atom is 0.254 e. The molecule has 10 nitrogen and oxygen atoms in total. The zero-order chi connectivity index (χ0) is 30.1. The Hall–Kier alpha value is -5.16. The second-order valence-electron chi connectivity index (χ2n) is 10.4. The lowest BCUT2D eigenvalue weighted by Crippen LogP contribution is -2.31. The van der Waals surface area contributed by atoms with Gasteiger partial charge in [-0.1, -0.05) is 58.8 Å². The van der Waals surface area contributed by atoms with Gasteiger partial charge in [-0.3, -0.25) is 4.79 Å². The van der Waals surface area contributed by atoms with Crippen LogP contribution in [0.4, 0.5) is 0 Å². The summed E-state index contributed by atoms with van der Waals surface area (Å²) in [5.41, 5.74) is 19.1. The number of nitrogens with two attached hydrogens (primary N) is 2. The molecule has 0 radical (unpaired) electrons. The Labute approximate surface area is 255 Å². The number of hydrogen-bond donors (Lipinski definition) is 4. The third-order valence-electron chi connectivity index (χ3n) is 7.70. The van der Waals surface area contributed by atoms with Gasteiger partial charge < -0.3 is 31.3 Å². The Balaban J connectivity index is 1.44. The van der Waals surface area contributed by atoms with Crippen molar-refractivity contribution >= 4 is 44.4 Å². The number of carbonyl (C=O) groups excluding carboxylic acids is 1. The van der Waals surface area contributed by atoms with Gasteiger partial charge in [-0.2, -0.15) is 0 Å². The van der Waals surface area contributed by atoms with Gasteiger partial charge in [0.1, 0.15) is 4.60 Å². The van der Waals surface area contributed by atoms with Crippen LogP contribution in [0.3, 0.4) is 0 Å². The fraction of sp³-hybridized carbons (Fsp3) is 0.125. The molecule has 3 heterocycles. The summed E-state index contributed by atoms with van der Waals surface area (Å²) < 4.78 is 2.94. The maximum absolute atomic E-state index is 14.2. The molecule has 5 aromatic rings. The molecule has 2 aromatic heterocycles. The van der Waals surface area contributed by atoms with Crippen LogP contribution in [0.15, 0.2) is 100 Å². The minimum Gasteiger partial charge on any atom is -0.409 e. The molecule has 6 rings (SSSR count). The zero-order valence-electron chi connectivity index (χ0n) is 23.0. The molecule has 216 valence electrons. The Morgan fingerprint density at radius 2 is 1.63 bits per heavy atom. The number of benzene rings is 3. The third-order valence-corrected chi connectivity index (χ3v) is 8.17. The standard InChI is InChI=1S/C32H28BrN7O3/c33-28-9-6-20(15-36-28)17-40-18-24-10-11-39(16-19-4-7-21(8-5-19)30(34)37-42)32(41)26-13-25(14-27(40)29(24)26)22-2-1-3-23(12-22)31(35)38-43/h1-9,12-15,18,42-43H,10-11,16-17H2,(H2,34,37)(H2,35,38). The highest BCUT2D eigenvalue weighted by Gasteiger charge is 2.27. The second-order valence-corrected chi connectivity index (χ2v) is 11.2. The summed E-state index contributed by atoms with van der Waals surface area (Å²) in [7, 11) is 0. The quantitative estimate of drug-likeness (QED) is 0.0654. The summed E-state index contributed by atoms with van der Waals surface area (Å²) in [6.07, 6.45) is 4.67. The summed E-state index contributed by atoms with van der Waals surface area (Å²) in [5, 5.41) is 25.3. The van der Waals surface area contributed by atoms with E-state index in [1.807, 2.05) is 59.6 Å². The Kier molecular flexibility index (Phi) is 7.56. The van der Waals surface area contributed by atoms with Crippen LogP contribution in [0.25, 0.3) is 22.0 Å². The maximum atomic E-state index is 14.2. The Bertz CT molecular complexity index is 1900. The number of nitrogens with zero attached hydrogens (tertiary/aromatic N) is 5. The van der Waals surface area contributed by atoms with E-state index in [0.717, 1.165) is 43.3 Å². The smallest absolute Gasteiger partial charge is 0.254 e. The zero-order valence-corrected chi connectivity index (χ0v) is 24.6. The number of rotatable bonds is 7. The normalized spacial score (nSPS) is 13.9. The van der Waals surface area contributed by atoms with Crippen LogP contribution in [0, 0.1) is 0 Å². The van der Waals surface area contributed by atoms with Crippen LogP contribution in [0.5, 0.6) is 0 Å². The molecule has 0 atom stereocenters. The second kappa shape index (κ2) is 11.6. The first kappa shape index (κ1) is 28.0. The minimum atomic E-state index is -0.0678. The van der Waals surface area contributed by atoms with Gasteiger partial charge in [0.15, 0.2) is 11.7 Å². The van der Waals surface area contributed by atoms with Crippen LogP contribution in [0.2, 0.25) is 0 Å². The number of oxime groups is 2. The minimum absolute atomic E-state index is 0.00903. The number of amides is 1. The van der Waals surface area contributed by atoms with Crippen molar-refractivity contribution in [2.24, 2.45) is 21.8 Å². The number of amidine groups is 2. The summed E-state index contributed by atoms with van der Waals surface area (Å²) in [4.78, 5) is 20.5. The van der Waals surface area contributed by atoms with Crippen LogP contribution in [0.1, 0.15) is 38.2 Å². The molecule has 0 aliphatic carbocycles. The van der Waals surface area contributed by atoms with E-state index in [-0.39, 0.29) is 17.6 Å². The van der Waals surface area contributed by atoms with Crippen molar-refractivity contribution in [2.75, 3.05) is 6.54 Å². The van der Waals surface area contributed by atoms with E-state index in [9.17, 15) is 10.0 Å². The predicted octanol–water partition coefficient (Wildman–Crippen LogP) is 4.90. The topological polar surface area (TPSA) is 155 Å². The highest BCUT2D eigenvalue weighted by atomic mass is 79.9. The van der Waals surface area contributed by atoms with Crippen molar-refractivity contribution in [1.29, 1.82) is 0 Å². The lowest BCUT2D eigenvalue weighted by molar-refractivity contribution is 0.0750. The summed E-state index contributed by atoms with van der Waals surface area (Å²) in [6, 6.07) is 22.7. The molecule has 43 heavy (non-hydrogen) atoms. The van der Waals surface area contributed by atoms with E-state index in [0.29, 0.717) is 42.7 Å². The van der Waals surface area contributed by atoms with Gasteiger partial charge in [-0.15, -0.1) is 0 Å². The van der Waals surface area contributed by atoms with Crippen LogP contribution in [-0.2, 0) is 19.5 Å². The highest BCUT2D eigenvalue weighted by molar-refractivity contribution is 9.10. The average molecular weight is 639 g/mol. The van der Waals surface area contributed by atoms with Crippen molar-refractivity contribution in [1.82, 2.24) is 14.5 Å². The molecule has 0 spiro atoms. The molecular weight excluding hydrogens is 610 g/mol. The van der Waals surface area contributed by atoms with Crippen LogP contribution < -0.4 is 11.5 Å². The van der Waals surface area contributed by atoms with Gasteiger partial charge in [-0.05, 0) is 74.4 Å². The predicted molar refractivity (Wildman–Crippen MR) is 168 cm³/mol. The molecule has 1 aliphatic heterocycles. The first-order chi connectivity index (χ1) is 20.8. The van der Waals surface area contributed by atoms with Gasteiger partial charge in [0.05, 0.1) is 5.52 Å². The van der Waals surface area contributed by atoms with Crippen molar-refractivity contribution in [3.05, 3.63) is 123 Å².